The molecule has 1 atom stereocenters. The minimum atomic E-state index is 0.479. The van der Waals surface area contributed by atoms with Crippen molar-refractivity contribution in [3.05, 3.63) is 57.2 Å². The normalized spacial score (nSPS) is 12.6. The number of thiophene rings is 1. The number of nitrogens with one attached hydrogen (secondary N) is 1. The third-order valence-corrected chi connectivity index (χ3v) is 4.15. The van der Waals surface area contributed by atoms with E-state index in [9.17, 15) is 0 Å². The Balaban J connectivity index is 1.99. The van der Waals surface area contributed by atoms with Crippen LogP contribution in [0.5, 0.6) is 0 Å². The average Bonchev–Trinajstić information content (AvgIpc) is 2.76. The van der Waals surface area contributed by atoms with Gasteiger partial charge in [0.15, 0.2) is 0 Å². The smallest absolute Gasteiger partial charge is 0.0931 e. The van der Waals surface area contributed by atoms with Crippen LogP contribution in [0.4, 0.5) is 0 Å². The minimum absolute atomic E-state index is 0.479. The van der Waals surface area contributed by atoms with Crippen molar-refractivity contribution in [3.63, 3.8) is 0 Å². The van der Waals surface area contributed by atoms with E-state index in [2.05, 4.69) is 48.6 Å². The molecule has 1 heterocycles. The van der Waals surface area contributed by atoms with Gasteiger partial charge in [-0.25, -0.2) is 0 Å². The largest absolute Gasteiger partial charge is 0.314 e. The van der Waals surface area contributed by atoms with Crippen LogP contribution in [0.2, 0.25) is 4.34 Å². The lowest BCUT2D eigenvalue weighted by atomic mass is 10.0. The summed E-state index contributed by atoms with van der Waals surface area (Å²) < 4.78 is 0.875. The lowest BCUT2D eigenvalue weighted by Gasteiger charge is -2.17. The third kappa shape index (κ3) is 4.13. The van der Waals surface area contributed by atoms with Crippen molar-refractivity contribution in [1.82, 2.24) is 5.32 Å². The van der Waals surface area contributed by atoms with Crippen molar-refractivity contribution < 1.29 is 0 Å². The van der Waals surface area contributed by atoms with Crippen molar-refractivity contribution in [1.29, 1.82) is 0 Å². The van der Waals surface area contributed by atoms with E-state index in [0.29, 0.717) is 6.04 Å². The molecule has 2 rings (SSSR count). The molecule has 96 valence electrons. The molecule has 1 unspecified atom stereocenters. The predicted molar refractivity (Wildman–Crippen MR) is 80.6 cm³/mol. The standard InChI is InChI=1S/C15H18ClNS/c1-2-17-13(10-12-6-4-3-5-7-12)11-14-8-9-15(16)18-14/h3-9,13,17H,2,10-11H2,1H3. The van der Waals surface area contributed by atoms with Crippen molar-refractivity contribution >= 4 is 22.9 Å². The summed E-state index contributed by atoms with van der Waals surface area (Å²) in [5, 5.41) is 3.55. The van der Waals surface area contributed by atoms with Crippen molar-refractivity contribution in [2.75, 3.05) is 6.54 Å². The van der Waals surface area contributed by atoms with Crippen LogP contribution >= 0.6 is 22.9 Å². The topological polar surface area (TPSA) is 12.0 Å². The number of likely N-dealkylation sites (N-methyl/N-ethyl adjacent to an activating group) is 1. The van der Waals surface area contributed by atoms with E-state index in [-0.39, 0.29) is 0 Å². The number of hydrogen-bond acceptors (Lipinski definition) is 2. The summed E-state index contributed by atoms with van der Waals surface area (Å²) in [7, 11) is 0. The summed E-state index contributed by atoms with van der Waals surface area (Å²) in [6.45, 7) is 3.15. The molecule has 0 spiro atoms. The van der Waals surface area contributed by atoms with Gasteiger partial charge < -0.3 is 5.32 Å². The van der Waals surface area contributed by atoms with Crippen LogP contribution in [-0.2, 0) is 12.8 Å². The molecule has 1 N–H and O–H groups in total. The van der Waals surface area contributed by atoms with Crippen LogP contribution in [0.15, 0.2) is 42.5 Å². The Hall–Kier alpha value is -0.830. The van der Waals surface area contributed by atoms with E-state index >= 15 is 0 Å². The lowest BCUT2D eigenvalue weighted by molar-refractivity contribution is 0.524. The van der Waals surface area contributed by atoms with Gasteiger partial charge in [-0.3, -0.25) is 0 Å². The van der Waals surface area contributed by atoms with Gasteiger partial charge in [0, 0.05) is 10.9 Å². The van der Waals surface area contributed by atoms with E-state index in [0.717, 1.165) is 23.7 Å². The zero-order chi connectivity index (χ0) is 12.8. The average molecular weight is 280 g/mol. The molecule has 0 amide bonds. The van der Waals surface area contributed by atoms with Gasteiger partial charge in [0.05, 0.1) is 4.34 Å². The fourth-order valence-electron chi connectivity index (χ4n) is 2.11. The Morgan fingerprint density at radius 1 is 1.11 bits per heavy atom. The van der Waals surface area contributed by atoms with Crippen LogP contribution in [0, 0.1) is 0 Å². The quantitative estimate of drug-likeness (QED) is 0.837. The molecule has 0 aliphatic rings. The van der Waals surface area contributed by atoms with E-state index in [1.54, 1.807) is 11.3 Å². The molecule has 0 saturated heterocycles. The summed E-state index contributed by atoms with van der Waals surface area (Å²) in [6, 6.07) is 15.2. The molecule has 0 bridgehead atoms. The highest BCUT2D eigenvalue weighted by atomic mass is 35.5. The highest BCUT2D eigenvalue weighted by Crippen LogP contribution is 2.23. The highest BCUT2D eigenvalue weighted by molar-refractivity contribution is 7.16. The molecule has 0 fully saturated rings. The second-order valence-corrected chi connectivity index (χ2v) is 6.15. The SMILES string of the molecule is CCNC(Cc1ccccc1)Cc1ccc(Cl)s1. The maximum Gasteiger partial charge on any atom is 0.0931 e. The van der Waals surface area contributed by atoms with Gasteiger partial charge in [0.1, 0.15) is 0 Å². The Morgan fingerprint density at radius 3 is 2.50 bits per heavy atom. The van der Waals surface area contributed by atoms with Gasteiger partial charge in [-0.15, -0.1) is 11.3 Å². The van der Waals surface area contributed by atoms with Gasteiger partial charge in [-0.2, -0.15) is 0 Å². The number of halogens is 1. The molecule has 0 aliphatic carbocycles. The Kier molecular flexibility index (Phi) is 5.24. The van der Waals surface area contributed by atoms with Crippen LogP contribution in [-0.4, -0.2) is 12.6 Å². The first-order valence-corrected chi connectivity index (χ1v) is 7.49. The molecular formula is C15H18ClNS. The highest BCUT2D eigenvalue weighted by Gasteiger charge is 2.10. The fourth-order valence-corrected chi connectivity index (χ4v) is 3.28. The first kappa shape index (κ1) is 13.6. The third-order valence-electron chi connectivity index (χ3n) is 2.89. The van der Waals surface area contributed by atoms with Gasteiger partial charge in [0.25, 0.3) is 0 Å². The van der Waals surface area contributed by atoms with E-state index < -0.39 is 0 Å². The molecule has 1 aromatic heterocycles. The maximum atomic E-state index is 5.98. The summed E-state index contributed by atoms with van der Waals surface area (Å²) in [5.41, 5.74) is 1.38. The van der Waals surface area contributed by atoms with E-state index in [1.165, 1.54) is 10.4 Å². The van der Waals surface area contributed by atoms with Gasteiger partial charge in [0.2, 0.25) is 0 Å². The molecule has 0 saturated carbocycles. The van der Waals surface area contributed by atoms with Crippen LogP contribution in [0.25, 0.3) is 0 Å². The Morgan fingerprint density at radius 2 is 1.89 bits per heavy atom. The van der Waals surface area contributed by atoms with E-state index in [1.807, 2.05) is 6.07 Å². The number of benzene rings is 1. The molecule has 1 nitrogen and oxygen atoms in total. The molecule has 0 aliphatic heterocycles. The minimum Gasteiger partial charge on any atom is -0.314 e. The molecule has 18 heavy (non-hydrogen) atoms. The zero-order valence-electron chi connectivity index (χ0n) is 10.5. The Labute approximate surface area is 118 Å². The van der Waals surface area contributed by atoms with Gasteiger partial charge in [-0.1, -0.05) is 48.9 Å². The maximum absolute atomic E-state index is 5.98. The van der Waals surface area contributed by atoms with Crippen LogP contribution in [0.3, 0.4) is 0 Å². The van der Waals surface area contributed by atoms with Crippen molar-refractivity contribution in [2.24, 2.45) is 0 Å². The Bertz CT molecular complexity index is 466. The lowest BCUT2D eigenvalue weighted by Crippen LogP contribution is -2.32. The fraction of sp³-hybridized carbons (Fsp3) is 0.333. The summed E-state index contributed by atoms with van der Waals surface area (Å²) in [6.07, 6.45) is 2.10. The number of hydrogen-bond donors (Lipinski definition) is 1. The molecular weight excluding hydrogens is 262 g/mol. The second kappa shape index (κ2) is 6.93. The van der Waals surface area contributed by atoms with Gasteiger partial charge >= 0.3 is 0 Å². The summed E-state index contributed by atoms with van der Waals surface area (Å²) >= 11 is 7.66. The van der Waals surface area contributed by atoms with E-state index in [4.69, 9.17) is 11.6 Å². The van der Waals surface area contributed by atoms with Gasteiger partial charge in [-0.05, 0) is 37.1 Å². The number of rotatable bonds is 6. The first-order valence-electron chi connectivity index (χ1n) is 6.29. The predicted octanol–water partition coefficient (Wildman–Crippen LogP) is 4.16. The summed E-state index contributed by atoms with van der Waals surface area (Å²) in [5.74, 6) is 0. The molecule has 2 aromatic rings. The second-order valence-electron chi connectivity index (χ2n) is 4.35. The van der Waals surface area contributed by atoms with Crippen LogP contribution in [0.1, 0.15) is 17.4 Å². The van der Waals surface area contributed by atoms with Crippen LogP contribution < -0.4 is 5.32 Å². The summed E-state index contributed by atoms with van der Waals surface area (Å²) in [4.78, 5) is 1.35. The zero-order valence-corrected chi connectivity index (χ0v) is 12.1. The first-order chi connectivity index (χ1) is 8.78. The molecule has 3 heteroatoms. The van der Waals surface area contributed by atoms with Crippen molar-refractivity contribution in [2.45, 2.75) is 25.8 Å². The molecule has 1 aromatic carbocycles. The van der Waals surface area contributed by atoms with Crippen molar-refractivity contribution in [3.8, 4) is 0 Å². The monoisotopic (exact) mass is 279 g/mol. The molecule has 0 radical (unpaired) electrons.